The quantitative estimate of drug-likeness (QED) is 0.762. The lowest BCUT2D eigenvalue weighted by Crippen LogP contribution is -2.51. The van der Waals surface area contributed by atoms with E-state index in [0.29, 0.717) is 26.2 Å². The van der Waals surface area contributed by atoms with E-state index >= 15 is 0 Å². The monoisotopic (exact) mass is 411 g/mol. The van der Waals surface area contributed by atoms with Crippen molar-refractivity contribution >= 4 is 11.8 Å². The SMILES string of the molecule is O=C(C1CC=CC1)N1C[C@@H]2C[C@H](C1)c1ccc(C(=O)N3CCC[C@H]3CO)c(=O)n1C2. The third-order valence-corrected chi connectivity index (χ3v) is 7.35. The lowest BCUT2D eigenvalue weighted by atomic mass is 9.82. The van der Waals surface area contributed by atoms with E-state index in [2.05, 4.69) is 12.2 Å². The Kier molecular flexibility index (Phi) is 5.01. The molecular weight excluding hydrogens is 382 g/mol. The summed E-state index contributed by atoms with van der Waals surface area (Å²) in [5, 5.41) is 9.54. The topological polar surface area (TPSA) is 82.9 Å². The summed E-state index contributed by atoms with van der Waals surface area (Å²) in [7, 11) is 0. The molecular formula is C23H29N3O4. The van der Waals surface area contributed by atoms with Crippen molar-refractivity contribution in [2.24, 2.45) is 11.8 Å². The van der Waals surface area contributed by atoms with E-state index in [9.17, 15) is 19.5 Å². The van der Waals surface area contributed by atoms with Crippen molar-refractivity contribution in [3.05, 3.63) is 45.9 Å². The lowest BCUT2D eigenvalue weighted by Gasteiger charge is -2.43. The molecule has 2 amide bonds. The highest BCUT2D eigenvalue weighted by Gasteiger charge is 2.39. The van der Waals surface area contributed by atoms with Crippen molar-refractivity contribution in [3.8, 4) is 0 Å². The first-order valence-corrected chi connectivity index (χ1v) is 11.2. The molecule has 2 fully saturated rings. The van der Waals surface area contributed by atoms with E-state index in [0.717, 1.165) is 37.8 Å². The van der Waals surface area contributed by atoms with Gasteiger partial charge in [-0.05, 0) is 50.2 Å². The summed E-state index contributed by atoms with van der Waals surface area (Å²) in [4.78, 5) is 42.8. The van der Waals surface area contributed by atoms with Gasteiger partial charge in [0.1, 0.15) is 5.56 Å². The number of aliphatic hydroxyl groups excluding tert-OH is 1. The summed E-state index contributed by atoms with van der Waals surface area (Å²) < 4.78 is 1.77. The van der Waals surface area contributed by atoms with Gasteiger partial charge in [-0.15, -0.1) is 0 Å². The normalized spacial score (nSPS) is 28.1. The molecule has 5 rings (SSSR count). The fraction of sp³-hybridized carbons (Fsp3) is 0.609. The Morgan fingerprint density at radius 3 is 2.67 bits per heavy atom. The molecule has 0 unspecified atom stereocenters. The molecule has 30 heavy (non-hydrogen) atoms. The highest BCUT2D eigenvalue weighted by Crippen LogP contribution is 2.36. The van der Waals surface area contributed by atoms with Crippen molar-refractivity contribution in [1.82, 2.24) is 14.4 Å². The van der Waals surface area contributed by atoms with Crippen LogP contribution >= 0.6 is 0 Å². The Morgan fingerprint density at radius 1 is 1.10 bits per heavy atom. The molecule has 3 atom stereocenters. The first-order chi connectivity index (χ1) is 14.6. The third-order valence-electron chi connectivity index (χ3n) is 7.35. The number of likely N-dealkylation sites (tertiary alicyclic amines) is 2. The highest BCUT2D eigenvalue weighted by atomic mass is 16.3. The molecule has 7 heteroatoms. The minimum absolute atomic E-state index is 0.0669. The molecule has 1 aromatic rings. The van der Waals surface area contributed by atoms with Crippen molar-refractivity contribution in [1.29, 1.82) is 0 Å². The van der Waals surface area contributed by atoms with Crippen LogP contribution in [0.1, 0.15) is 54.1 Å². The van der Waals surface area contributed by atoms with Gasteiger partial charge in [-0.25, -0.2) is 0 Å². The molecule has 0 radical (unpaired) electrons. The number of rotatable bonds is 3. The fourth-order valence-electron chi connectivity index (χ4n) is 5.81. The van der Waals surface area contributed by atoms with Gasteiger partial charge in [0.25, 0.3) is 11.5 Å². The number of pyridine rings is 1. The van der Waals surface area contributed by atoms with Gasteiger partial charge in [0.15, 0.2) is 0 Å². The highest BCUT2D eigenvalue weighted by molar-refractivity contribution is 5.94. The van der Waals surface area contributed by atoms with Gasteiger partial charge in [-0.1, -0.05) is 12.2 Å². The maximum atomic E-state index is 13.2. The Morgan fingerprint density at radius 2 is 1.90 bits per heavy atom. The van der Waals surface area contributed by atoms with Crippen LogP contribution in [0.25, 0.3) is 0 Å². The Labute approximate surface area is 176 Å². The summed E-state index contributed by atoms with van der Waals surface area (Å²) in [6.45, 7) is 2.42. The summed E-state index contributed by atoms with van der Waals surface area (Å²) in [6.07, 6.45) is 8.45. The van der Waals surface area contributed by atoms with Gasteiger partial charge in [-0.2, -0.15) is 0 Å². The Balaban J connectivity index is 1.39. The van der Waals surface area contributed by atoms with Gasteiger partial charge >= 0.3 is 0 Å². The number of carbonyl (C=O) groups is 2. The second-order valence-electron chi connectivity index (χ2n) is 9.25. The number of carbonyl (C=O) groups excluding carboxylic acids is 2. The fourth-order valence-corrected chi connectivity index (χ4v) is 5.81. The van der Waals surface area contributed by atoms with E-state index < -0.39 is 0 Å². The second kappa shape index (κ2) is 7.69. The second-order valence-corrected chi connectivity index (χ2v) is 9.25. The number of hydrogen-bond acceptors (Lipinski definition) is 4. The molecule has 4 heterocycles. The predicted octanol–water partition coefficient (Wildman–Crippen LogP) is 1.36. The van der Waals surface area contributed by atoms with Crippen LogP contribution in [0, 0.1) is 11.8 Å². The van der Waals surface area contributed by atoms with E-state index in [1.54, 1.807) is 15.5 Å². The summed E-state index contributed by atoms with van der Waals surface area (Å²) in [5.41, 5.74) is 0.912. The number of aromatic nitrogens is 1. The van der Waals surface area contributed by atoms with Crippen LogP contribution in [-0.4, -0.2) is 63.6 Å². The first-order valence-electron chi connectivity index (χ1n) is 11.2. The zero-order chi connectivity index (χ0) is 20.8. The molecule has 7 nitrogen and oxygen atoms in total. The molecule has 0 spiro atoms. The average molecular weight is 412 g/mol. The first kappa shape index (κ1) is 19.5. The largest absolute Gasteiger partial charge is 0.394 e. The molecule has 1 aromatic heterocycles. The number of hydrogen-bond donors (Lipinski definition) is 1. The number of allylic oxidation sites excluding steroid dienone is 2. The van der Waals surface area contributed by atoms with Crippen molar-refractivity contribution < 1.29 is 14.7 Å². The van der Waals surface area contributed by atoms with E-state index in [-0.39, 0.29) is 53.3 Å². The molecule has 2 saturated heterocycles. The van der Waals surface area contributed by atoms with Crippen molar-refractivity contribution in [2.45, 2.75) is 50.6 Å². The molecule has 0 aromatic carbocycles. The number of aliphatic hydroxyl groups is 1. The Bertz CT molecular complexity index is 944. The van der Waals surface area contributed by atoms with Gasteiger partial charge in [0.05, 0.1) is 12.6 Å². The summed E-state index contributed by atoms with van der Waals surface area (Å²) in [5.74, 6) is 0.430. The van der Waals surface area contributed by atoms with Crippen LogP contribution in [0.3, 0.4) is 0 Å². The van der Waals surface area contributed by atoms with E-state index in [4.69, 9.17) is 0 Å². The van der Waals surface area contributed by atoms with Crippen LogP contribution < -0.4 is 5.56 Å². The number of fused-ring (bicyclic) bond motifs is 4. The molecule has 3 aliphatic heterocycles. The van der Waals surface area contributed by atoms with Gasteiger partial charge in [0.2, 0.25) is 5.91 Å². The predicted molar refractivity (Wildman–Crippen MR) is 111 cm³/mol. The molecule has 160 valence electrons. The number of nitrogens with zero attached hydrogens (tertiary/aromatic N) is 3. The van der Waals surface area contributed by atoms with Crippen LogP contribution in [0.15, 0.2) is 29.1 Å². The smallest absolute Gasteiger partial charge is 0.263 e. The Hall–Kier alpha value is -2.41. The van der Waals surface area contributed by atoms with Gasteiger partial charge in [-0.3, -0.25) is 14.4 Å². The van der Waals surface area contributed by atoms with Crippen LogP contribution in [0.5, 0.6) is 0 Å². The van der Waals surface area contributed by atoms with Crippen molar-refractivity contribution in [2.75, 3.05) is 26.2 Å². The number of piperidine rings is 1. The maximum Gasteiger partial charge on any atom is 0.263 e. The van der Waals surface area contributed by atoms with Crippen LogP contribution in [0.2, 0.25) is 0 Å². The van der Waals surface area contributed by atoms with Gasteiger partial charge < -0.3 is 19.5 Å². The molecule has 4 aliphatic rings. The van der Waals surface area contributed by atoms with Gasteiger partial charge in [0, 0.05) is 43.7 Å². The van der Waals surface area contributed by atoms with Crippen LogP contribution in [0.4, 0.5) is 0 Å². The van der Waals surface area contributed by atoms with E-state index in [1.807, 2.05) is 11.0 Å². The molecule has 1 aliphatic carbocycles. The molecule has 0 saturated carbocycles. The van der Waals surface area contributed by atoms with Crippen LogP contribution in [-0.2, 0) is 11.3 Å². The minimum atomic E-state index is -0.270. The standard InChI is InChI=1S/C23H29N3O4/c27-14-18-6-3-9-25(18)22(29)19-7-8-20-17-10-15(12-26(20)23(19)30)11-24(13-17)21(28)16-4-1-2-5-16/h1-2,7-8,15-18,27H,3-6,9-14H2/t15-,17+,18-/m0/s1. The summed E-state index contributed by atoms with van der Waals surface area (Å²) in [6, 6.07) is 3.37. The maximum absolute atomic E-state index is 13.2. The van der Waals surface area contributed by atoms with Crippen molar-refractivity contribution in [3.63, 3.8) is 0 Å². The molecule has 2 bridgehead atoms. The summed E-state index contributed by atoms with van der Waals surface area (Å²) >= 11 is 0. The third kappa shape index (κ3) is 3.20. The lowest BCUT2D eigenvalue weighted by molar-refractivity contribution is -0.138. The zero-order valence-corrected chi connectivity index (χ0v) is 17.2. The average Bonchev–Trinajstić information content (AvgIpc) is 3.45. The number of amides is 2. The minimum Gasteiger partial charge on any atom is -0.394 e. The zero-order valence-electron chi connectivity index (χ0n) is 17.2. The molecule has 1 N–H and O–H groups in total. The van der Waals surface area contributed by atoms with E-state index in [1.165, 1.54) is 0 Å².